The third-order valence-corrected chi connectivity index (χ3v) is 4.08. The van der Waals surface area contributed by atoms with Gasteiger partial charge < -0.3 is 5.32 Å². The van der Waals surface area contributed by atoms with Crippen LogP contribution < -0.4 is 5.32 Å². The molecule has 1 N–H and O–H groups in total. The number of carbonyl (C=O) groups is 1. The fraction of sp³-hybridized carbons (Fsp3) is 0.923. The topological polar surface area (TPSA) is 29.1 Å². The molecule has 0 aromatic heterocycles. The van der Waals surface area contributed by atoms with Crippen molar-refractivity contribution in [1.82, 2.24) is 5.32 Å². The third kappa shape index (κ3) is 3.51. The second-order valence-electron chi connectivity index (χ2n) is 5.19. The standard InChI is InChI=1S/C13H27NO/c1-7-12(4,8-2)10-13(5,9-3)11(15)14-6/h7-10H2,1-6H3,(H,14,15). The van der Waals surface area contributed by atoms with Crippen LogP contribution in [-0.2, 0) is 4.79 Å². The van der Waals surface area contributed by atoms with Crippen LogP contribution in [0.4, 0.5) is 0 Å². The molecule has 0 heterocycles. The average molecular weight is 213 g/mol. The molecule has 0 bridgehead atoms. The Kier molecular flexibility index (Phi) is 5.33. The predicted molar refractivity (Wildman–Crippen MR) is 65.8 cm³/mol. The first-order valence-corrected chi connectivity index (χ1v) is 6.09. The van der Waals surface area contributed by atoms with Gasteiger partial charge in [-0.05, 0) is 18.3 Å². The van der Waals surface area contributed by atoms with Gasteiger partial charge in [-0.25, -0.2) is 0 Å². The molecule has 0 saturated carbocycles. The quantitative estimate of drug-likeness (QED) is 0.720. The van der Waals surface area contributed by atoms with Crippen molar-refractivity contribution < 1.29 is 4.79 Å². The molecule has 0 saturated heterocycles. The summed E-state index contributed by atoms with van der Waals surface area (Å²) in [6, 6.07) is 0. The zero-order chi connectivity index (χ0) is 12.1. The van der Waals surface area contributed by atoms with Gasteiger partial charge in [0.2, 0.25) is 5.91 Å². The van der Waals surface area contributed by atoms with Crippen LogP contribution in [0.1, 0.15) is 60.3 Å². The molecule has 0 spiro atoms. The van der Waals surface area contributed by atoms with E-state index in [1.54, 1.807) is 7.05 Å². The maximum atomic E-state index is 11.9. The molecule has 2 heteroatoms. The summed E-state index contributed by atoms with van der Waals surface area (Å²) in [5, 5.41) is 2.79. The van der Waals surface area contributed by atoms with Gasteiger partial charge in [-0.1, -0.05) is 47.5 Å². The molecule has 90 valence electrons. The van der Waals surface area contributed by atoms with E-state index in [0.29, 0.717) is 0 Å². The van der Waals surface area contributed by atoms with E-state index in [0.717, 1.165) is 25.7 Å². The summed E-state index contributed by atoms with van der Waals surface area (Å²) in [7, 11) is 1.73. The summed E-state index contributed by atoms with van der Waals surface area (Å²) < 4.78 is 0. The van der Waals surface area contributed by atoms with E-state index in [9.17, 15) is 4.79 Å². The summed E-state index contributed by atoms with van der Waals surface area (Å²) in [4.78, 5) is 11.9. The van der Waals surface area contributed by atoms with Crippen LogP contribution in [0.15, 0.2) is 0 Å². The number of carbonyl (C=O) groups excluding carboxylic acids is 1. The van der Waals surface area contributed by atoms with E-state index >= 15 is 0 Å². The second kappa shape index (κ2) is 5.53. The average Bonchev–Trinajstić information content (AvgIpc) is 2.27. The lowest BCUT2D eigenvalue weighted by Crippen LogP contribution is -2.40. The van der Waals surface area contributed by atoms with Crippen molar-refractivity contribution in [3.8, 4) is 0 Å². The van der Waals surface area contributed by atoms with Crippen molar-refractivity contribution in [1.29, 1.82) is 0 Å². The molecule has 0 radical (unpaired) electrons. The zero-order valence-electron chi connectivity index (χ0n) is 11.2. The Labute approximate surface area is 94.8 Å². The molecule has 0 aliphatic heterocycles. The Morgan fingerprint density at radius 3 is 1.80 bits per heavy atom. The maximum Gasteiger partial charge on any atom is 0.225 e. The normalized spacial score (nSPS) is 15.9. The maximum absolute atomic E-state index is 11.9. The van der Waals surface area contributed by atoms with Crippen LogP contribution >= 0.6 is 0 Å². The minimum atomic E-state index is -0.213. The van der Waals surface area contributed by atoms with Crippen molar-refractivity contribution in [3.05, 3.63) is 0 Å². The molecule has 15 heavy (non-hydrogen) atoms. The molecule has 0 fully saturated rings. The summed E-state index contributed by atoms with van der Waals surface area (Å²) in [6.07, 6.45) is 4.15. The monoisotopic (exact) mass is 213 g/mol. The van der Waals surface area contributed by atoms with Gasteiger partial charge in [-0.3, -0.25) is 4.79 Å². The van der Waals surface area contributed by atoms with Gasteiger partial charge in [-0.2, -0.15) is 0 Å². The van der Waals surface area contributed by atoms with Crippen molar-refractivity contribution in [2.75, 3.05) is 7.05 Å². The Morgan fingerprint density at radius 2 is 1.53 bits per heavy atom. The van der Waals surface area contributed by atoms with E-state index in [1.165, 1.54) is 0 Å². The predicted octanol–water partition coefficient (Wildman–Crippen LogP) is 3.37. The molecular weight excluding hydrogens is 186 g/mol. The lowest BCUT2D eigenvalue weighted by Gasteiger charge is -2.37. The molecule has 1 amide bonds. The van der Waals surface area contributed by atoms with Gasteiger partial charge in [0.1, 0.15) is 0 Å². The Balaban J connectivity index is 4.76. The molecule has 2 nitrogen and oxygen atoms in total. The highest BCUT2D eigenvalue weighted by atomic mass is 16.2. The Morgan fingerprint density at radius 1 is 1.07 bits per heavy atom. The van der Waals surface area contributed by atoms with Crippen LogP contribution in [-0.4, -0.2) is 13.0 Å². The highest BCUT2D eigenvalue weighted by Gasteiger charge is 2.37. The first-order chi connectivity index (χ1) is 6.87. The first-order valence-electron chi connectivity index (χ1n) is 6.09. The van der Waals surface area contributed by atoms with Crippen LogP contribution in [0.3, 0.4) is 0 Å². The lowest BCUT2D eigenvalue weighted by atomic mass is 9.68. The third-order valence-electron chi connectivity index (χ3n) is 4.08. The van der Waals surface area contributed by atoms with Gasteiger partial charge in [0, 0.05) is 12.5 Å². The molecule has 0 rings (SSSR count). The molecular formula is C13H27NO. The highest BCUT2D eigenvalue weighted by molar-refractivity contribution is 5.81. The van der Waals surface area contributed by atoms with Gasteiger partial charge >= 0.3 is 0 Å². The van der Waals surface area contributed by atoms with Gasteiger partial charge in [0.25, 0.3) is 0 Å². The fourth-order valence-electron chi connectivity index (χ4n) is 2.11. The SMILES string of the molecule is CCC(C)(CC)CC(C)(CC)C(=O)NC. The zero-order valence-corrected chi connectivity index (χ0v) is 11.2. The molecule has 0 aliphatic rings. The number of rotatable bonds is 6. The van der Waals surface area contributed by atoms with Crippen LogP contribution in [0.5, 0.6) is 0 Å². The van der Waals surface area contributed by atoms with Gasteiger partial charge in [0.05, 0.1) is 0 Å². The summed E-state index contributed by atoms with van der Waals surface area (Å²) in [6.45, 7) is 10.9. The van der Waals surface area contributed by atoms with Crippen molar-refractivity contribution in [3.63, 3.8) is 0 Å². The number of hydrogen-bond donors (Lipinski definition) is 1. The molecule has 0 aromatic rings. The van der Waals surface area contributed by atoms with Crippen molar-refractivity contribution >= 4 is 5.91 Å². The first kappa shape index (κ1) is 14.5. The molecule has 0 aliphatic carbocycles. The minimum Gasteiger partial charge on any atom is -0.359 e. The number of hydrogen-bond acceptors (Lipinski definition) is 1. The molecule has 1 atom stereocenters. The van der Waals surface area contributed by atoms with Crippen LogP contribution in [0.25, 0.3) is 0 Å². The fourth-order valence-corrected chi connectivity index (χ4v) is 2.11. The van der Waals surface area contributed by atoms with E-state index in [-0.39, 0.29) is 16.7 Å². The lowest BCUT2D eigenvalue weighted by molar-refractivity contribution is -0.131. The van der Waals surface area contributed by atoms with E-state index < -0.39 is 0 Å². The van der Waals surface area contributed by atoms with E-state index in [4.69, 9.17) is 0 Å². The molecule has 0 aromatic carbocycles. The highest BCUT2D eigenvalue weighted by Crippen LogP contribution is 2.41. The second-order valence-corrected chi connectivity index (χ2v) is 5.19. The van der Waals surface area contributed by atoms with E-state index in [1.807, 2.05) is 0 Å². The Hall–Kier alpha value is -0.530. The van der Waals surface area contributed by atoms with Gasteiger partial charge in [0.15, 0.2) is 0 Å². The number of amides is 1. The number of nitrogens with one attached hydrogen (secondary N) is 1. The van der Waals surface area contributed by atoms with E-state index in [2.05, 4.69) is 39.9 Å². The Bertz CT molecular complexity index is 209. The van der Waals surface area contributed by atoms with Crippen molar-refractivity contribution in [2.24, 2.45) is 10.8 Å². The smallest absolute Gasteiger partial charge is 0.225 e. The largest absolute Gasteiger partial charge is 0.359 e. The van der Waals surface area contributed by atoms with Crippen molar-refractivity contribution in [2.45, 2.75) is 60.3 Å². The summed E-state index contributed by atoms with van der Waals surface area (Å²) in [5.41, 5.74) is 0.0762. The summed E-state index contributed by atoms with van der Waals surface area (Å²) >= 11 is 0. The van der Waals surface area contributed by atoms with Gasteiger partial charge in [-0.15, -0.1) is 0 Å². The van der Waals surface area contributed by atoms with Crippen LogP contribution in [0, 0.1) is 10.8 Å². The minimum absolute atomic E-state index is 0.179. The van der Waals surface area contributed by atoms with Crippen LogP contribution in [0.2, 0.25) is 0 Å². The summed E-state index contributed by atoms with van der Waals surface area (Å²) in [5.74, 6) is 0.179. The molecule has 1 unspecified atom stereocenters.